The van der Waals surface area contributed by atoms with E-state index in [0.29, 0.717) is 12.8 Å². The van der Waals surface area contributed by atoms with Crippen LogP contribution in [0.2, 0.25) is 0 Å². The van der Waals surface area contributed by atoms with Crippen LogP contribution in [0.15, 0.2) is 39.8 Å². The molecule has 1 aliphatic rings. The summed E-state index contributed by atoms with van der Waals surface area (Å²) < 4.78 is 32.8. The van der Waals surface area contributed by atoms with Gasteiger partial charge in [0.1, 0.15) is 6.26 Å². The molecule has 0 aliphatic carbocycles. The largest absolute Gasteiger partial charge is 0.384 e. The first-order chi connectivity index (χ1) is 10.1. The van der Waals surface area contributed by atoms with Gasteiger partial charge in [0.25, 0.3) is 5.56 Å². The van der Waals surface area contributed by atoms with Crippen molar-refractivity contribution in [2.24, 2.45) is 0 Å². The molecule has 2 heterocycles. The zero-order valence-corrected chi connectivity index (χ0v) is 11.4. The molecule has 3 rings (SSSR count). The van der Waals surface area contributed by atoms with Crippen LogP contribution in [-0.2, 0) is 6.42 Å². The molecule has 1 aromatic carbocycles. The van der Waals surface area contributed by atoms with Gasteiger partial charge in [-0.15, -0.1) is 0 Å². The van der Waals surface area contributed by atoms with E-state index >= 15 is 0 Å². The number of rotatable bonds is 3. The molecular formula is C15H16F2N2O2. The van der Waals surface area contributed by atoms with Crippen molar-refractivity contribution in [3.8, 4) is 0 Å². The normalized spacial score (nSPS) is 22.4. The quantitative estimate of drug-likeness (QED) is 0.944. The second-order valence-corrected chi connectivity index (χ2v) is 5.35. The van der Waals surface area contributed by atoms with Gasteiger partial charge in [-0.2, -0.15) is 4.74 Å². The highest BCUT2D eigenvalue weighted by atomic mass is 19.2. The minimum atomic E-state index is -0.838. The van der Waals surface area contributed by atoms with Crippen molar-refractivity contribution in [2.45, 2.75) is 31.3 Å². The van der Waals surface area contributed by atoms with Gasteiger partial charge in [-0.3, -0.25) is 4.79 Å². The number of piperidine rings is 1. The van der Waals surface area contributed by atoms with Crippen LogP contribution < -0.4 is 10.9 Å². The van der Waals surface area contributed by atoms with Crippen LogP contribution in [0.25, 0.3) is 0 Å². The Hall–Kier alpha value is -1.95. The molecule has 1 aliphatic heterocycles. The van der Waals surface area contributed by atoms with E-state index in [-0.39, 0.29) is 17.6 Å². The van der Waals surface area contributed by atoms with E-state index in [9.17, 15) is 13.6 Å². The van der Waals surface area contributed by atoms with Crippen LogP contribution in [0.5, 0.6) is 0 Å². The SMILES string of the molecule is O=c1ccon1[C@H]1CCN[C@@H](Cc2ccc(F)c(F)c2)C1. The Morgan fingerprint density at radius 3 is 2.86 bits per heavy atom. The fourth-order valence-electron chi connectivity index (χ4n) is 2.85. The lowest BCUT2D eigenvalue weighted by Gasteiger charge is -2.29. The third-order valence-corrected chi connectivity index (χ3v) is 3.87. The minimum Gasteiger partial charge on any atom is -0.384 e. The summed E-state index contributed by atoms with van der Waals surface area (Å²) in [6, 6.07) is 5.45. The Kier molecular flexibility index (Phi) is 3.88. The van der Waals surface area contributed by atoms with Gasteiger partial charge in [0, 0.05) is 12.1 Å². The van der Waals surface area contributed by atoms with Gasteiger partial charge in [-0.1, -0.05) is 6.07 Å². The predicted octanol–water partition coefficient (Wildman–Crippen LogP) is 2.26. The fourth-order valence-corrected chi connectivity index (χ4v) is 2.85. The van der Waals surface area contributed by atoms with Crippen molar-refractivity contribution in [2.75, 3.05) is 6.54 Å². The standard InChI is InChI=1S/C15H16F2N2O2/c16-13-2-1-10(8-14(13)17)7-11-9-12(3-5-18-11)19-15(20)4-6-21-19/h1-2,4,6,8,11-12,18H,3,5,7,9H2/t11-,12-/m0/s1. The van der Waals surface area contributed by atoms with Gasteiger partial charge in [0.2, 0.25) is 0 Å². The van der Waals surface area contributed by atoms with E-state index in [4.69, 9.17) is 4.52 Å². The van der Waals surface area contributed by atoms with Crippen LogP contribution in [0, 0.1) is 11.6 Å². The van der Waals surface area contributed by atoms with E-state index in [0.717, 1.165) is 24.6 Å². The Morgan fingerprint density at radius 1 is 1.29 bits per heavy atom. The molecule has 1 aromatic heterocycles. The van der Waals surface area contributed by atoms with E-state index in [1.54, 1.807) is 6.07 Å². The zero-order valence-electron chi connectivity index (χ0n) is 11.4. The third kappa shape index (κ3) is 3.05. The molecule has 0 unspecified atom stereocenters. The van der Waals surface area contributed by atoms with Gasteiger partial charge < -0.3 is 9.84 Å². The van der Waals surface area contributed by atoms with E-state index in [1.165, 1.54) is 23.1 Å². The summed E-state index contributed by atoms with van der Waals surface area (Å²) in [6.45, 7) is 0.756. The van der Waals surface area contributed by atoms with Gasteiger partial charge in [0.15, 0.2) is 11.6 Å². The predicted molar refractivity (Wildman–Crippen MR) is 73.1 cm³/mol. The summed E-state index contributed by atoms with van der Waals surface area (Å²) >= 11 is 0. The van der Waals surface area contributed by atoms with Gasteiger partial charge in [-0.05, 0) is 43.5 Å². The van der Waals surface area contributed by atoms with Crippen LogP contribution >= 0.6 is 0 Å². The molecule has 4 nitrogen and oxygen atoms in total. The molecule has 0 spiro atoms. The maximum absolute atomic E-state index is 13.2. The number of nitrogens with zero attached hydrogens (tertiary/aromatic N) is 1. The van der Waals surface area contributed by atoms with E-state index in [2.05, 4.69) is 5.32 Å². The lowest BCUT2D eigenvalue weighted by molar-refractivity contribution is 0.161. The fraction of sp³-hybridized carbons (Fsp3) is 0.400. The van der Waals surface area contributed by atoms with Crippen molar-refractivity contribution in [1.82, 2.24) is 10.1 Å². The lowest BCUT2D eigenvalue weighted by Crippen LogP contribution is -2.41. The molecule has 1 fully saturated rings. The lowest BCUT2D eigenvalue weighted by atomic mass is 9.94. The summed E-state index contributed by atoms with van der Waals surface area (Å²) in [7, 11) is 0. The molecule has 1 N–H and O–H groups in total. The number of aromatic nitrogens is 1. The highest BCUT2D eigenvalue weighted by Crippen LogP contribution is 2.23. The molecule has 2 aromatic rings. The number of benzene rings is 1. The first-order valence-electron chi connectivity index (χ1n) is 6.97. The van der Waals surface area contributed by atoms with Crippen molar-refractivity contribution in [1.29, 1.82) is 0 Å². The Labute approximate surface area is 120 Å². The first-order valence-corrected chi connectivity index (χ1v) is 6.97. The monoisotopic (exact) mass is 294 g/mol. The average Bonchev–Trinajstić information content (AvgIpc) is 2.89. The summed E-state index contributed by atoms with van der Waals surface area (Å²) in [5.41, 5.74) is 0.590. The summed E-state index contributed by atoms with van der Waals surface area (Å²) in [5, 5.41) is 3.34. The van der Waals surface area contributed by atoms with Gasteiger partial charge in [-0.25, -0.2) is 8.78 Å². The minimum absolute atomic E-state index is 0.00375. The highest BCUT2D eigenvalue weighted by Gasteiger charge is 2.25. The van der Waals surface area contributed by atoms with Crippen LogP contribution in [-0.4, -0.2) is 17.3 Å². The van der Waals surface area contributed by atoms with Crippen molar-refractivity contribution in [3.63, 3.8) is 0 Å². The Bertz CT molecular complexity index is 680. The number of nitrogens with one attached hydrogen (secondary N) is 1. The molecule has 112 valence electrons. The third-order valence-electron chi connectivity index (χ3n) is 3.87. The van der Waals surface area contributed by atoms with Crippen LogP contribution in [0.4, 0.5) is 8.78 Å². The van der Waals surface area contributed by atoms with E-state index < -0.39 is 11.6 Å². The molecule has 0 amide bonds. The Morgan fingerprint density at radius 2 is 2.14 bits per heavy atom. The summed E-state index contributed by atoms with van der Waals surface area (Å²) in [4.78, 5) is 11.6. The molecule has 6 heteroatoms. The van der Waals surface area contributed by atoms with Gasteiger partial charge in [0.05, 0.1) is 6.04 Å². The van der Waals surface area contributed by atoms with Crippen molar-refractivity contribution < 1.29 is 13.3 Å². The maximum Gasteiger partial charge on any atom is 0.282 e. The second kappa shape index (κ2) is 5.81. The van der Waals surface area contributed by atoms with Crippen molar-refractivity contribution >= 4 is 0 Å². The second-order valence-electron chi connectivity index (χ2n) is 5.35. The van der Waals surface area contributed by atoms with E-state index in [1.807, 2.05) is 0 Å². The Balaban J connectivity index is 1.70. The molecular weight excluding hydrogens is 278 g/mol. The molecule has 1 saturated heterocycles. The molecule has 21 heavy (non-hydrogen) atoms. The number of hydrogen-bond donors (Lipinski definition) is 1. The molecule has 0 bridgehead atoms. The van der Waals surface area contributed by atoms with Crippen LogP contribution in [0.3, 0.4) is 0 Å². The van der Waals surface area contributed by atoms with Crippen LogP contribution in [0.1, 0.15) is 24.4 Å². The maximum atomic E-state index is 13.2. The summed E-state index contributed by atoms with van der Waals surface area (Å²) in [6.07, 6.45) is 3.49. The number of hydrogen-bond acceptors (Lipinski definition) is 3. The van der Waals surface area contributed by atoms with Crippen molar-refractivity contribution in [3.05, 3.63) is 58.1 Å². The molecule has 2 atom stereocenters. The highest BCUT2D eigenvalue weighted by molar-refractivity contribution is 5.19. The topological polar surface area (TPSA) is 47.2 Å². The average molecular weight is 294 g/mol. The zero-order chi connectivity index (χ0) is 14.8. The molecule has 0 radical (unpaired) electrons. The number of halogens is 2. The molecule has 0 saturated carbocycles. The smallest absolute Gasteiger partial charge is 0.282 e. The first kappa shape index (κ1) is 14.0. The van der Waals surface area contributed by atoms with Gasteiger partial charge >= 0.3 is 0 Å². The summed E-state index contributed by atoms with van der Waals surface area (Å²) in [5.74, 6) is -1.67.